The van der Waals surface area contributed by atoms with Gasteiger partial charge < -0.3 is 10.0 Å². The van der Waals surface area contributed by atoms with E-state index in [1.54, 1.807) is 0 Å². The number of aromatic nitrogens is 4. The van der Waals surface area contributed by atoms with Crippen LogP contribution >= 0.6 is 11.3 Å². The first kappa shape index (κ1) is 19.0. The molecule has 7 nitrogen and oxygen atoms in total. The van der Waals surface area contributed by atoms with E-state index in [1.165, 1.54) is 28.7 Å². The summed E-state index contributed by atoms with van der Waals surface area (Å²) in [6.07, 6.45) is 4.82. The van der Waals surface area contributed by atoms with E-state index in [1.807, 2.05) is 22.9 Å². The highest BCUT2D eigenvalue weighted by Crippen LogP contribution is 2.40. The molecule has 0 atom stereocenters. The second-order valence-corrected chi connectivity index (χ2v) is 9.21. The van der Waals surface area contributed by atoms with Crippen LogP contribution in [0.5, 0.6) is 0 Å². The molecule has 1 fully saturated rings. The molecule has 1 N–H and O–H groups in total. The number of aliphatic hydroxyl groups is 1. The molecule has 8 heteroatoms. The Morgan fingerprint density at radius 2 is 1.86 bits per heavy atom. The second-order valence-electron chi connectivity index (χ2n) is 8.13. The summed E-state index contributed by atoms with van der Waals surface area (Å²) in [6, 6.07) is 2.07. The fourth-order valence-corrected chi connectivity index (χ4v) is 5.86. The lowest BCUT2D eigenvalue weighted by molar-refractivity contribution is 0.188. The number of β-amino-alcohol motifs (C(OH)–C–C–N with tert-alkyl or cyclic N) is 1. The third-order valence-electron chi connectivity index (χ3n) is 6.07. The average Bonchev–Trinajstić information content (AvgIpc) is 3.27. The third kappa shape index (κ3) is 3.43. The fourth-order valence-electron chi connectivity index (χ4n) is 4.61. The van der Waals surface area contributed by atoms with Gasteiger partial charge in [-0.3, -0.25) is 4.90 Å². The van der Waals surface area contributed by atoms with Crippen molar-refractivity contribution < 1.29 is 5.11 Å². The molecule has 29 heavy (non-hydrogen) atoms. The van der Waals surface area contributed by atoms with Crippen LogP contribution in [0.3, 0.4) is 0 Å². The molecule has 0 radical (unpaired) electrons. The van der Waals surface area contributed by atoms with Crippen molar-refractivity contribution in [2.24, 2.45) is 0 Å². The number of anilines is 1. The highest BCUT2D eigenvalue weighted by molar-refractivity contribution is 7.19. The van der Waals surface area contributed by atoms with Crippen molar-refractivity contribution >= 4 is 27.4 Å². The number of aliphatic hydroxyl groups excluding tert-OH is 1. The lowest BCUT2D eigenvalue weighted by Gasteiger charge is -2.35. The number of thiophene rings is 1. The van der Waals surface area contributed by atoms with Crippen LogP contribution in [0.2, 0.25) is 0 Å². The molecule has 0 aromatic carbocycles. The Bertz CT molecular complexity index is 1030. The molecule has 0 saturated carbocycles. The number of fused-ring (bicyclic) bond motifs is 3. The van der Waals surface area contributed by atoms with Gasteiger partial charge in [-0.05, 0) is 51.2 Å². The maximum atomic E-state index is 9.25. The Labute approximate surface area is 175 Å². The molecule has 0 spiro atoms. The van der Waals surface area contributed by atoms with Gasteiger partial charge in [-0.2, -0.15) is 15.1 Å². The van der Waals surface area contributed by atoms with Crippen LogP contribution in [0.1, 0.15) is 34.7 Å². The van der Waals surface area contributed by atoms with E-state index in [0.29, 0.717) is 5.95 Å². The van der Waals surface area contributed by atoms with Crippen LogP contribution in [-0.4, -0.2) is 69.1 Å². The van der Waals surface area contributed by atoms with Crippen molar-refractivity contribution in [3.63, 3.8) is 0 Å². The number of hydrogen-bond acceptors (Lipinski definition) is 7. The van der Waals surface area contributed by atoms with Gasteiger partial charge in [0.05, 0.1) is 17.7 Å². The Morgan fingerprint density at radius 3 is 2.59 bits per heavy atom. The van der Waals surface area contributed by atoms with E-state index in [2.05, 4.69) is 27.9 Å². The number of piperazine rings is 1. The van der Waals surface area contributed by atoms with E-state index in [4.69, 9.17) is 9.97 Å². The van der Waals surface area contributed by atoms with Crippen LogP contribution in [0.25, 0.3) is 16.2 Å². The van der Waals surface area contributed by atoms with E-state index >= 15 is 0 Å². The zero-order chi connectivity index (χ0) is 20.0. The van der Waals surface area contributed by atoms with Crippen LogP contribution in [0.4, 0.5) is 5.82 Å². The molecule has 1 aliphatic carbocycles. The van der Waals surface area contributed by atoms with Crippen LogP contribution in [-0.2, 0) is 12.8 Å². The van der Waals surface area contributed by atoms with E-state index < -0.39 is 0 Å². The van der Waals surface area contributed by atoms with E-state index in [0.717, 1.165) is 67.6 Å². The summed E-state index contributed by atoms with van der Waals surface area (Å²) in [5.74, 6) is 1.75. The minimum Gasteiger partial charge on any atom is -0.395 e. The van der Waals surface area contributed by atoms with Gasteiger partial charge in [0.1, 0.15) is 10.6 Å². The molecule has 5 rings (SSSR count). The molecule has 4 heterocycles. The Kier molecular flexibility index (Phi) is 5.01. The van der Waals surface area contributed by atoms with Crippen molar-refractivity contribution in [3.05, 3.63) is 27.9 Å². The van der Waals surface area contributed by atoms with Gasteiger partial charge in [-0.1, -0.05) is 0 Å². The van der Waals surface area contributed by atoms with Gasteiger partial charge >= 0.3 is 0 Å². The summed E-state index contributed by atoms with van der Waals surface area (Å²) in [5.41, 5.74) is 3.52. The Morgan fingerprint density at radius 1 is 1.07 bits per heavy atom. The van der Waals surface area contributed by atoms with Crippen molar-refractivity contribution in [1.82, 2.24) is 24.6 Å². The topological polar surface area (TPSA) is 70.3 Å². The summed E-state index contributed by atoms with van der Waals surface area (Å²) in [7, 11) is 0. The summed E-state index contributed by atoms with van der Waals surface area (Å²) >= 11 is 1.85. The maximum Gasteiger partial charge on any atom is 0.254 e. The van der Waals surface area contributed by atoms with Gasteiger partial charge in [0.15, 0.2) is 0 Å². The van der Waals surface area contributed by atoms with Gasteiger partial charge in [-0.25, -0.2) is 4.68 Å². The van der Waals surface area contributed by atoms with Gasteiger partial charge in [-0.15, -0.1) is 11.3 Å². The number of aryl methyl sites for hydroxylation is 4. The summed E-state index contributed by atoms with van der Waals surface area (Å²) in [6.45, 7) is 8.78. The Hall–Kier alpha value is -2.03. The van der Waals surface area contributed by atoms with Crippen molar-refractivity contribution in [3.8, 4) is 5.95 Å². The first-order valence-electron chi connectivity index (χ1n) is 10.6. The molecule has 0 amide bonds. The zero-order valence-corrected chi connectivity index (χ0v) is 18.0. The first-order valence-corrected chi connectivity index (χ1v) is 11.4. The predicted octanol–water partition coefficient (Wildman–Crippen LogP) is 2.49. The SMILES string of the molecule is Cc1cc(C)n(-c2nc(N3CCN(CCO)CC3)c3c4c(sc3n2)CCCC4)n1. The molecular weight excluding hydrogens is 384 g/mol. The highest BCUT2D eigenvalue weighted by Gasteiger charge is 2.26. The molecule has 0 unspecified atom stereocenters. The van der Waals surface area contributed by atoms with Crippen LogP contribution < -0.4 is 4.90 Å². The van der Waals surface area contributed by atoms with Gasteiger partial charge in [0, 0.05) is 43.3 Å². The minimum atomic E-state index is 0.220. The normalized spacial score (nSPS) is 17.8. The molecule has 0 bridgehead atoms. The van der Waals surface area contributed by atoms with Gasteiger partial charge in [0.25, 0.3) is 5.95 Å². The monoisotopic (exact) mass is 412 g/mol. The van der Waals surface area contributed by atoms with Crippen molar-refractivity contribution in [2.45, 2.75) is 39.5 Å². The number of nitrogens with zero attached hydrogens (tertiary/aromatic N) is 6. The number of rotatable bonds is 4. The number of hydrogen-bond donors (Lipinski definition) is 1. The minimum absolute atomic E-state index is 0.220. The molecule has 1 aliphatic heterocycles. The summed E-state index contributed by atoms with van der Waals surface area (Å²) in [4.78, 5) is 17.4. The lowest BCUT2D eigenvalue weighted by Crippen LogP contribution is -2.47. The second kappa shape index (κ2) is 7.66. The molecule has 154 valence electrons. The van der Waals surface area contributed by atoms with E-state index in [-0.39, 0.29) is 6.61 Å². The molecule has 3 aromatic rings. The fraction of sp³-hybridized carbons (Fsp3) is 0.571. The smallest absolute Gasteiger partial charge is 0.254 e. The molecule has 2 aliphatic rings. The first-order chi connectivity index (χ1) is 14.1. The van der Waals surface area contributed by atoms with Crippen LogP contribution in [0, 0.1) is 13.8 Å². The zero-order valence-electron chi connectivity index (χ0n) is 17.2. The molecular formula is C21H28N6OS. The largest absolute Gasteiger partial charge is 0.395 e. The lowest BCUT2D eigenvalue weighted by atomic mass is 9.97. The molecule has 1 saturated heterocycles. The Balaban J connectivity index is 1.62. The molecule has 3 aromatic heterocycles. The quantitative estimate of drug-likeness (QED) is 0.710. The summed E-state index contributed by atoms with van der Waals surface area (Å²) < 4.78 is 1.87. The standard InChI is InChI=1S/C21H28N6OS/c1-14-13-15(2)27(24-14)21-22-19(26-9-7-25(8-10-26)11-12-28)18-16-5-3-4-6-17(16)29-20(18)23-21/h13,28H,3-12H2,1-2H3. The summed E-state index contributed by atoms with van der Waals surface area (Å²) in [5, 5.41) is 15.2. The average molecular weight is 413 g/mol. The van der Waals surface area contributed by atoms with Crippen molar-refractivity contribution in [2.75, 3.05) is 44.2 Å². The third-order valence-corrected chi connectivity index (χ3v) is 7.26. The van der Waals surface area contributed by atoms with Crippen molar-refractivity contribution in [1.29, 1.82) is 0 Å². The predicted molar refractivity (Wildman–Crippen MR) is 116 cm³/mol. The van der Waals surface area contributed by atoms with Crippen LogP contribution in [0.15, 0.2) is 6.07 Å². The maximum absolute atomic E-state index is 9.25. The van der Waals surface area contributed by atoms with E-state index in [9.17, 15) is 5.11 Å². The highest BCUT2D eigenvalue weighted by atomic mass is 32.1. The van der Waals surface area contributed by atoms with Gasteiger partial charge in [0.2, 0.25) is 0 Å².